The van der Waals surface area contributed by atoms with Gasteiger partial charge in [0.05, 0.1) is 12.2 Å². The minimum Gasteiger partial charge on any atom is -0.493 e. The molecule has 0 saturated heterocycles. The van der Waals surface area contributed by atoms with Crippen molar-refractivity contribution in [2.24, 2.45) is 0 Å². The van der Waals surface area contributed by atoms with Crippen LogP contribution in [0.2, 0.25) is 0 Å². The third kappa shape index (κ3) is 1.42. The SMILES string of the molecule is CC(C)(O)c1cccc2c1OCC2. The Hall–Kier alpha value is -1.02. The van der Waals surface area contributed by atoms with E-state index in [9.17, 15) is 5.11 Å². The van der Waals surface area contributed by atoms with Crippen molar-refractivity contribution < 1.29 is 9.84 Å². The first-order chi connectivity index (χ1) is 6.09. The van der Waals surface area contributed by atoms with Gasteiger partial charge in [-0.05, 0) is 19.4 Å². The lowest BCUT2D eigenvalue weighted by atomic mass is 9.95. The molecule has 1 aromatic rings. The van der Waals surface area contributed by atoms with Crippen molar-refractivity contribution in [3.8, 4) is 5.75 Å². The second-order valence-corrected chi connectivity index (χ2v) is 3.95. The summed E-state index contributed by atoms with van der Waals surface area (Å²) >= 11 is 0. The molecule has 0 fully saturated rings. The van der Waals surface area contributed by atoms with E-state index in [2.05, 4.69) is 6.07 Å². The van der Waals surface area contributed by atoms with Crippen LogP contribution in [-0.4, -0.2) is 11.7 Å². The van der Waals surface area contributed by atoms with Crippen LogP contribution in [0.4, 0.5) is 0 Å². The highest BCUT2D eigenvalue weighted by molar-refractivity contribution is 5.46. The van der Waals surface area contributed by atoms with Crippen LogP contribution in [-0.2, 0) is 12.0 Å². The Labute approximate surface area is 78.2 Å². The van der Waals surface area contributed by atoms with Gasteiger partial charge in [0.15, 0.2) is 0 Å². The topological polar surface area (TPSA) is 29.5 Å². The Morgan fingerprint density at radius 2 is 2.15 bits per heavy atom. The van der Waals surface area contributed by atoms with Gasteiger partial charge in [0.2, 0.25) is 0 Å². The number of para-hydroxylation sites is 1. The fourth-order valence-electron chi connectivity index (χ4n) is 1.70. The number of fused-ring (bicyclic) bond motifs is 1. The summed E-state index contributed by atoms with van der Waals surface area (Å²) in [5, 5.41) is 9.87. The molecule has 2 heteroatoms. The number of ether oxygens (including phenoxy) is 1. The molecule has 0 atom stereocenters. The molecular weight excluding hydrogens is 164 g/mol. The molecule has 0 amide bonds. The number of aliphatic hydroxyl groups is 1. The highest BCUT2D eigenvalue weighted by Gasteiger charge is 2.25. The van der Waals surface area contributed by atoms with E-state index in [0.717, 1.165) is 24.3 Å². The second kappa shape index (κ2) is 2.74. The molecule has 13 heavy (non-hydrogen) atoms. The Kier molecular flexibility index (Phi) is 1.81. The van der Waals surface area contributed by atoms with E-state index in [4.69, 9.17) is 4.74 Å². The highest BCUT2D eigenvalue weighted by atomic mass is 16.5. The average molecular weight is 178 g/mol. The molecule has 1 aromatic carbocycles. The van der Waals surface area contributed by atoms with Crippen LogP contribution in [0.5, 0.6) is 5.75 Å². The van der Waals surface area contributed by atoms with Gasteiger partial charge in [-0.3, -0.25) is 0 Å². The van der Waals surface area contributed by atoms with Crippen LogP contribution in [0.25, 0.3) is 0 Å². The van der Waals surface area contributed by atoms with Crippen molar-refractivity contribution in [1.29, 1.82) is 0 Å². The van der Waals surface area contributed by atoms with Crippen molar-refractivity contribution >= 4 is 0 Å². The minimum atomic E-state index is -0.810. The quantitative estimate of drug-likeness (QED) is 0.711. The lowest BCUT2D eigenvalue weighted by Crippen LogP contribution is -2.16. The maximum absolute atomic E-state index is 9.87. The third-order valence-electron chi connectivity index (χ3n) is 2.37. The molecule has 1 aliphatic rings. The maximum Gasteiger partial charge on any atom is 0.128 e. The van der Waals surface area contributed by atoms with Crippen LogP contribution in [0.3, 0.4) is 0 Å². The zero-order chi connectivity index (χ0) is 9.47. The van der Waals surface area contributed by atoms with E-state index >= 15 is 0 Å². The van der Waals surface area contributed by atoms with Crippen molar-refractivity contribution in [3.63, 3.8) is 0 Å². The summed E-state index contributed by atoms with van der Waals surface area (Å²) in [6, 6.07) is 5.95. The van der Waals surface area contributed by atoms with Crippen LogP contribution in [0, 0.1) is 0 Å². The minimum absolute atomic E-state index is 0.739. The van der Waals surface area contributed by atoms with Gasteiger partial charge in [-0.1, -0.05) is 18.2 Å². The zero-order valence-electron chi connectivity index (χ0n) is 8.00. The molecule has 1 heterocycles. The number of hydrogen-bond acceptors (Lipinski definition) is 2. The molecule has 0 radical (unpaired) electrons. The Balaban J connectivity index is 2.54. The van der Waals surface area contributed by atoms with Crippen molar-refractivity contribution in [2.75, 3.05) is 6.61 Å². The fourth-order valence-corrected chi connectivity index (χ4v) is 1.70. The lowest BCUT2D eigenvalue weighted by Gasteiger charge is -2.20. The summed E-state index contributed by atoms with van der Waals surface area (Å²) < 4.78 is 5.50. The number of benzene rings is 1. The standard InChI is InChI=1S/C11H14O2/c1-11(2,12)9-5-3-4-8-6-7-13-10(8)9/h3-5,12H,6-7H2,1-2H3. The third-order valence-corrected chi connectivity index (χ3v) is 2.37. The summed E-state index contributed by atoms with van der Waals surface area (Å²) in [5.74, 6) is 0.884. The summed E-state index contributed by atoms with van der Waals surface area (Å²) in [5.41, 5.74) is 1.29. The van der Waals surface area contributed by atoms with Crippen molar-refractivity contribution in [1.82, 2.24) is 0 Å². The molecule has 0 aromatic heterocycles. The molecule has 70 valence electrons. The monoisotopic (exact) mass is 178 g/mol. The van der Waals surface area contributed by atoms with E-state index in [1.165, 1.54) is 5.56 Å². The first-order valence-electron chi connectivity index (χ1n) is 4.56. The first-order valence-corrected chi connectivity index (χ1v) is 4.56. The number of hydrogen-bond donors (Lipinski definition) is 1. The van der Waals surface area contributed by atoms with Gasteiger partial charge in [-0.15, -0.1) is 0 Å². The summed E-state index contributed by atoms with van der Waals surface area (Å²) in [6.45, 7) is 4.30. The summed E-state index contributed by atoms with van der Waals surface area (Å²) in [4.78, 5) is 0. The molecule has 0 bridgehead atoms. The smallest absolute Gasteiger partial charge is 0.128 e. The van der Waals surface area contributed by atoms with Gasteiger partial charge < -0.3 is 9.84 Å². The Morgan fingerprint density at radius 3 is 2.85 bits per heavy atom. The van der Waals surface area contributed by atoms with E-state index in [-0.39, 0.29) is 0 Å². The first kappa shape index (κ1) is 8.57. The van der Waals surface area contributed by atoms with Crippen LogP contribution in [0.1, 0.15) is 25.0 Å². The average Bonchev–Trinajstić information content (AvgIpc) is 2.48. The van der Waals surface area contributed by atoms with Crippen LogP contribution in [0.15, 0.2) is 18.2 Å². The van der Waals surface area contributed by atoms with Crippen molar-refractivity contribution in [3.05, 3.63) is 29.3 Å². The predicted octanol–water partition coefficient (Wildman–Crippen LogP) is 1.85. The molecule has 0 unspecified atom stereocenters. The molecule has 2 nitrogen and oxygen atoms in total. The predicted molar refractivity (Wildman–Crippen MR) is 50.9 cm³/mol. The molecule has 2 rings (SSSR count). The lowest BCUT2D eigenvalue weighted by molar-refractivity contribution is 0.0755. The van der Waals surface area contributed by atoms with Crippen molar-refractivity contribution in [2.45, 2.75) is 25.9 Å². The largest absolute Gasteiger partial charge is 0.493 e. The highest BCUT2D eigenvalue weighted by Crippen LogP contribution is 2.35. The van der Waals surface area contributed by atoms with Gasteiger partial charge in [0.25, 0.3) is 0 Å². The maximum atomic E-state index is 9.87. The molecular formula is C11H14O2. The molecule has 1 N–H and O–H groups in total. The summed E-state index contributed by atoms with van der Waals surface area (Å²) in [7, 11) is 0. The van der Waals surface area contributed by atoms with Crippen LogP contribution >= 0.6 is 0 Å². The molecule has 0 spiro atoms. The van der Waals surface area contributed by atoms with Gasteiger partial charge in [-0.25, -0.2) is 0 Å². The van der Waals surface area contributed by atoms with E-state index < -0.39 is 5.60 Å². The zero-order valence-corrected chi connectivity index (χ0v) is 8.00. The fraction of sp³-hybridized carbons (Fsp3) is 0.455. The Morgan fingerprint density at radius 1 is 1.38 bits per heavy atom. The van der Waals surface area contributed by atoms with Gasteiger partial charge in [-0.2, -0.15) is 0 Å². The van der Waals surface area contributed by atoms with Gasteiger partial charge in [0, 0.05) is 12.0 Å². The van der Waals surface area contributed by atoms with Crippen LogP contribution < -0.4 is 4.74 Å². The molecule has 1 aliphatic heterocycles. The normalized spacial score (nSPS) is 15.3. The second-order valence-electron chi connectivity index (χ2n) is 3.95. The van der Waals surface area contributed by atoms with E-state index in [1.807, 2.05) is 12.1 Å². The van der Waals surface area contributed by atoms with E-state index in [0.29, 0.717) is 0 Å². The van der Waals surface area contributed by atoms with Gasteiger partial charge >= 0.3 is 0 Å². The molecule has 0 aliphatic carbocycles. The summed E-state index contributed by atoms with van der Waals surface area (Å²) in [6.07, 6.45) is 0.958. The van der Waals surface area contributed by atoms with E-state index in [1.54, 1.807) is 13.8 Å². The Bertz CT molecular complexity index is 323. The number of rotatable bonds is 1. The van der Waals surface area contributed by atoms with Gasteiger partial charge in [0.1, 0.15) is 5.75 Å². The molecule has 0 saturated carbocycles.